The molecule has 1 N–H and O–H groups in total. The first-order chi connectivity index (χ1) is 12.1. The Hall–Kier alpha value is -2.35. The Morgan fingerprint density at radius 1 is 1.08 bits per heavy atom. The number of ether oxygens (including phenoxy) is 1. The van der Waals surface area contributed by atoms with Crippen molar-refractivity contribution in [1.29, 1.82) is 0 Å². The zero-order valence-corrected chi connectivity index (χ0v) is 14.8. The fraction of sp³-hybridized carbons (Fsp3) is 0.588. The molecule has 1 amide bonds. The summed E-state index contributed by atoms with van der Waals surface area (Å²) in [4.78, 5) is 30.9. The molecule has 2 aromatic heterocycles. The highest BCUT2D eigenvalue weighted by atomic mass is 16.5. The summed E-state index contributed by atoms with van der Waals surface area (Å²) >= 11 is 0. The van der Waals surface area contributed by atoms with Gasteiger partial charge in [0.05, 0.1) is 18.6 Å². The van der Waals surface area contributed by atoms with E-state index in [1.54, 1.807) is 6.92 Å². The first-order valence-electron chi connectivity index (χ1n) is 8.82. The van der Waals surface area contributed by atoms with Crippen molar-refractivity contribution in [2.24, 2.45) is 0 Å². The second-order valence-electron chi connectivity index (χ2n) is 6.65. The summed E-state index contributed by atoms with van der Waals surface area (Å²) in [5.41, 5.74) is 1.95. The third kappa shape index (κ3) is 3.13. The number of piperazine rings is 1. The number of hydrogen-bond acceptors (Lipinski definition) is 6. The summed E-state index contributed by atoms with van der Waals surface area (Å²) < 4.78 is 5.44. The number of nitrogens with one attached hydrogen (secondary N) is 1. The molecule has 4 rings (SSSR count). The number of morpholine rings is 1. The third-order valence-electron chi connectivity index (χ3n) is 4.91. The SMILES string of the molecule is CC(=O)N1CCN(c2nc(N3CCOCC3)nc3[nH]c(C)cc23)CC1. The molecular weight excluding hydrogens is 320 g/mol. The number of fused-ring (bicyclic) bond motifs is 1. The minimum Gasteiger partial charge on any atom is -0.378 e. The lowest BCUT2D eigenvalue weighted by atomic mass is 10.2. The largest absolute Gasteiger partial charge is 0.378 e. The molecule has 0 spiro atoms. The molecule has 8 nitrogen and oxygen atoms in total. The number of aryl methyl sites for hydroxylation is 1. The van der Waals surface area contributed by atoms with Gasteiger partial charge in [0.25, 0.3) is 0 Å². The predicted molar refractivity (Wildman–Crippen MR) is 96.1 cm³/mol. The van der Waals surface area contributed by atoms with Gasteiger partial charge < -0.3 is 24.4 Å². The van der Waals surface area contributed by atoms with Gasteiger partial charge in [0.1, 0.15) is 11.5 Å². The Morgan fingerprint density at radius 3 is 2.48 bits per heavy atom. The van der Waals surface area contributed by atoms with Crippen molar-refractivity contribution in [3.63, 3.8) is 0 Å². The van der Waals surface area contributed by atoms with Gasteiger partial charge in [0, 0.05) is 51.9 Å². The number of rotatable bonds is 2. The molecule has 2 fully saturated rings. The van der Waals surface area contributed by atoms with Crippen molar-refractivity contribution in [1.82, 2.24) is 19.9 Å². The molecule has 2 aromatic rings. The zero-order chi connectivity index (χ0) is 17.4. The third-order valence-corrected chi connectivity index (χ3v) is 4.91. The van der Waals surface area contributed by atoms with Crippen LogP contribution in [0.3, 0.4) is 0 Å². The Labute approximate surface area is 146 Å². The van der Waals surface area contributed by atoms with Gasteiger partial charge in [-0.2, -0.15) is 9.97 Å². The highest BCUT2D eigenvalue weighted by Gasteiger charge is 2.24. The zero-order valence-electron chi connectivity index (χ0n) is 14.8. The summed E-state index contributed by atoms with van der Waals surface area (Å²) in [6.45, 7) is 9.74. The van der Waals surface area contributed by atoms with Crippen LogP contribution in [0.2, 0.25) is 0 Å². The first kappa shape index (κ1) is 16.1. The molecule has 2 aliphatic rings. The van der Waals surface area contributed by atoms with E-state index in [4.69, 9.17) is 14.7 Å². The standard InChI is InChI=1S/C17H24N6O2/c1-12-11-14-15(18-12)19-17(23-7-9-25-10-8-23)20-16(14)22-5-3-21(4-6-22)13(2)24/h11H,3-10H2,1-2H3,(H,18,19,20). The molecule has 4 heterocycles. The molecule has 8 heteroatoms. The van der Waals surface area contributed by atoms with E-state index < -0.39 is 0 Å². The second-order valence-corrected chi connectivity index (χ2v) is 6.65. The lowest BCUT2D eigenvalue weighted by Gasteiger charge is -2.35. The van der Waals surface area contributed by atoms with Gasteiger partial charge in [-0.15, -0.1) is 0 Å². The van der Waals surface area contributed by atoms with E-state index >= 15 is 0 Å². The molecule has 0 radical (unpaired) electrons. The maximum atomic E-state index is 11.6. The number of carbonyl (C=O) groups excluding carboxylic acids is 1. The van der Waals surface area contributed by atoms with Crippen LogP contribution in [0.15, 0.2) is 6.07 Å². The molecule has 0 unspecified atom stereocenters. The molecule has 0 bridgehead atoms. The van der Waals surface area contributed by atoms with Gasteiger partial charge in [-0.3, -0.25) is 4.79 Å². The Kier molecular flexibility index (Phi) is 4.20. The average molecular weight is 344 g/mol. The van der Waals surface area contributed by atoms with Crippen molar-refractivity contribution >= 4 is 28.7 Å². The summed E-state index contributed by atoms with van der Waals surface area (Å²) in [6, 6.07) is 2.10. The lowest BCUT2D eigenvalue weighted by molar-refractivity contribution is -0.129. The van der Waals surface area contributed by atoms with E-state index in [9.17, 15) is 4.79 Å². The maximum Gasteiger partial charge on any atom is 0.229 e. The first-order valence-corrected chi connectivity index (χ1v) is 8.82. The fourth-order valence-electron chi connectivity index (χ4n) is 3.49. The average Bonchev–Trinajstić information content (AvgIpc) is 3.02. The molecule has 134 valence electrons. The van der Waals surface area contributed by atoms with Crippen LogP contribution in [0, 0.1) is 6.92 Å². The van der Waals surface area contributed by atoms with Gasteiger partial charge in [0.2, 0.25) is 11.9 Å². The van der Waals surface area contributed by atoms with Crippen LogP contribution in [0.1, 0.15) is 12.6 Å². The maximum absolute atomic E-state index is 11.6. The quantitative estimate of drug-likeness (QED) is 0.867. The van der Waals surface area contributed by atoms with Crippen LogP contribution in [0.25, 0.3) is 11.0 Å². The predicted octanol–water partition coefficient (Wildman–Crippen LogP) is 0.771. The van der Waals surface area contributed by atoms with E-state index in [2.05, 4.69) is 20.9 Å². The van der Waals surface area contributed by atoms with Crippen molar-refractivity contribution in [2.75, 3.05) is 62.3 Å². The second kappa shape index (κ2) is 6.51. The number of H-pyrrole nitrogens is 1. The normalized spacial score (nSPS) is 18.9. The monoisotopic (exact) mass is 344 g/mol. The number of anilines is 2. The topological polar surface area (TPSA) is 77.6 Å². The van der Waals surface area contributed by atoms with Gasteiger partial charge in [-0.1, -0.05) is 0 Å². The summed E-state index contributed by atoms with van der Waals surface area (Å²) in [5, 5.41) is 1.05. The number of nitrogens with zero attached hydrogens (tertiary/aromatic N) is 5. The molecule has 0 aromatic carbocycles. The Balaban J connectivity index is 1.68. The van der Waals surface area contributed by atoms with E-state index in [1.165, 1.54) is 0 Å². The molecule has 0 saturated carbocycles. The minimum absolute atomic E-state index is 0.138. The Bertz CT molecular complexity index is 775. The van der Waals surface area contributed by atoms with Crippen LogP contribution >= 0.6 is 0 Å². The van der Waals surface area contributed by atoms with Crippen molar-refractivity contribution in [2.45, 2.75) is 13.8 Å². The van der Waals surface area contributed by atoms with Gasteiger partial charge in [-0.25, -0.2) is 0 Å². The van der Waals surface area contributed by atoms with Crippen molar-refractivity contribution in [3.05, 3.63) is 11.8 Å². The van der Waals surface area contributed by atoms with E-state index in [0.29, 0.717) is 13.2 Å². The number of aromatic nitrogens is 3. The van der Waals surface area contributed by atoms with E-state index in [1.807, 2.05) is 11.8 Å². The van der Waals surface area contributed by atoms with Crippen LogP contribution in [0.5, 0.6) is 0 Å². The van der Waals surface area contributed by atoms with Gasteiger partial charge in [0.15, 0.2) is 0 Å². The van der Waals surface area contributed by atoms with Crippen LogP contribution < -0.4 is 9.80 Å². The number of carbonyl (C=O) groups is 1. The number of aromatic amines is 1. The summed E-state index contributed by atoms with van der Waals surface area (Å²) in [7, 11) is 0. The number of amides is 1. The lowest BCUT2D eigenvalue weighted by Crippen LogP contribution is -2.48. The summed E-state index contributed by atoms with van der Waals surface area (Å²) in [6.07, 6.45) is 0. The van der Waals surface area contributed by atoms with Gasteiger partial charge >= 0.3 is 0 Å². The molecule has 25 heavy (non-hydrogen) atoms. The van der Waals surface area contributed by atoms with Gasteiger partial charge in [-0.05, 0) is 13.0 Å². The number of hydrogen-bond donors (Lipinski definition) is 1. The van der Waals surface area contributed by atoms with Crippen molar-refractivity contribution in [3.8, 4) is 0 Å². The summed E-state index contributed by atoms with van der Waals surface area (Å²) in [5.74, 6) is 1.85. The Morgan fingerprint density at radius 2 is 1.80 bits per heavy atom. The highest BCUT2D eigenvalue weighted by Crippen LogP contribution is 2.28. The molecule has 0 aliphatic carbocycles. The highest BCUT2D eigenvalue weighted by molar-refractivity contribution is 5.89. The fourth-order valence-corrected chi connectivity index (χ4v) is 3.49. The van der Waals surface area contributed by atoms with Crippen molar-refractivity contribution < 1.29 is 9.53 Å². The van der Waals surface area contributed by atoms with E-state index in [0.717, 1.165) is 67.8 Å². The van der Waals surface area contributed by atoms with Crippen LogP contribution in [-0.4, -0.2) is 78.2 Å². The molecule has 2 aliphatic heterocycles. The molecular formula is C17H24N6O2. The smallest absolute Gasteiger partial charge is 0.229 e. The van der Waals surface area contributed by atoms with Crippen LogP contribution in [0.4, 0.5) is 11.8 Å². The molecule has 2 saturated heterocycles. The van der Waals surface area contributed by atoms with Crippen LogP contribution in [-0.2, 0) is 9.53 Å². The minimum atomic E-state index is 0.138. The van der Waals surface area contributed by atoms with E-state index in [-0.39, 0.29) is 5.91 Å². The molecule has 0 atom stereocenters.